The molecule has 0 aliphatic carbocycles. The van der Waals surface area contributed by atoms with Gasteiger partial charge in [0.25, 0.3) is 0 Å². The Balaban J connectivity index is 2.52. The zero-order valence-corrected chi connectivity index (χ0v) is 12.4. The average Bonchev–Trinajstić information content (AvgIpc) is 2.48. The van der Waals surface area contributed by atoms with Crippen LogP contribution in [0.15, 0.2) is 36.4 Å². The summed E-state index contributed by atoms with van der Waals surface area (Å²) in [7, 11) is 3.13. The number of nitrogens with two attached hydrogens (primary N) is 1. The largest absolute Gasteiger partial charge is 0.495 e. The van der Waals surface area contributed by atoms with Crippen molar-refractivity contribution < 1.29 is 13.5 Å². The van der Waals surface area contributed by atoms with Gasteiger partial charge in [-0.25, -0.2) is 8.78 Å². The second kappa shape index (κ2) is 6.05. The lowest BCUT2D eigenvalue weighted by atomic mass is 10.1. The quantitative estimate of drug-likeness (QED) is 0.879. The maximum absolute atomic E-state index is 14.2. The highest BCUT2D eigenvalue weighted by molar-refractivity contribution is 7.80. The number of hydrogen-bond acceptors (Lipinski definition) is 3. The molecule has 0 atom stereocenters. The smallest absolute Gasteiger partial charge is 0.183 e. The van der Waals surface area contributed by atoms with E-state index in [-0.39, 0.29) is 16.2 Å². The van der Waals surface area contributed by atoms with Gasteiger partial charge in [-0.3, -0.25) is 0 Å². The van der Waals surface area contributed by atoms with Gasteiger partial charge in [0.2, 0.25) is 0 Å². The maximum Gasteiger partial charge on any atom is 0.183 e. The summed E-state index contributed by atoms with van der Waals surface area (Å²) in [5.74, 6) is -1.51. The van der Waals surface area contributed by atoms with Crippen molar-refractivity contribution in [3.05, 3.63) is 53.6 Å². The summed E-state index contributed by atoms with van der Waals surface area (Å²) in [6, 6.07) is 9.86. The second-order valence-electron chi connectivity index (χ2n) is 4.36. The highest BCUT2D eigenvalue weighted by atomic mass is 32.1. The summed E-state index contributed by atoms with van der Waals surface area (Å²) in [6.07, 6.45) is 0. The molecule has 0 aromatic heterocycles. The van der Waals surface area contributed by atoms with Crippen LogP contribution < -0.4 is 15.4 Å². The SMILES string of the molecule is COc1ccccc1N(C)c1ccc(C(N)=S)c(F)c1F. The third kappa shape index (κ3) is 2.80. The fourth-order valence-corrected chi connectivity index (χ4v) is 2.18. The first-order valence-corrected chi connectivity index (χ1v) is 6.52. The van der Waals surface area contributed by atoms with E-state index in [1.807, 2.05) is 0 Å². The number of thiocarbonyl (C=S) groups is 1. The summed E-state index contributed by atoms with van der Waals surface area (Å²) in [5, 5.41) is 0. The van der Waals surface area contributed by atoms with Gasteiger partial charge in [-0.05, 0) is 24.3 Å². The van der Waals surface area contributed by atoms with E-state index >= 15 is 0 Å². The van der Waals surface area contributed by atoms with Crippen molar-refractivity contribution in [2.75, 3.05) is 19.1 Å². The average molecular weight is 308 g/mol. The Morgan fingerprint density at radius 3 is 2.38 bits per heavy atom. The lowest BCUT2D eigenvalue weighted by molar-refractivity contribution is 0.415. The van der Waals surface area contributed by atoms with Crippen LogP contribution in [0.3, 0.4) is 0 Å². The van der Waals surface area contributed by atoms with Crippen LogP contribution in [0.25, 0.3) is 0 Å². The molecular formula is C15H14F2N2OS. The van der Waals surface area contributed by atoms with E-state index in [9.17, 15) is 8.78 Å². The Bertz CT molecular complexity index is 691. The minimum Gasteiger partial charge on any atom is -0.495 e. The van der Waals surface area contributed by atoms with E-state index in [1.54, 1.807) is 31.3 Å². The van der Waals surface area contributed by atoms with Gasteiger partial charge in [0, 0.05) is 12.6 Å². The van der Waals surface area contributed by atoms with Gasteiger partial charge in [-0.15, -0.1) is 0 Å². The zero-order chi connectivity index (χ0) is 15.6. The molecule has 0 radical (unpaired) electrons. The normalized spacial score (nSPS) is 10.3. The Labute approximate surface area is 126 Å². The number of para-hydroxylation sites is 2. The number of methoxy groups -OCH3 is 1. The van der Waals surface area contributed by atoms with Gasteiger partial charge < -0.3 is 15.4 Å². The fourth-order valence-electron chi connectivity index (χ4n) is 2.03. The predicted molar refractivity (Wildman–Crippen MR) is 83.3 cm³/mol. The summed E-state index contributed by atoms with van der Waals surface area (Å²) >= 11 is 4.69. The van der Waals surface area contributed by atoms with E-state index in [2.05, 4.69) is 12.2 Å². The van der Waals surface area contributed by atoms with Crippen LogP contribution in [0.5, 0.6) is 5.75 Å². The van der Waals surface area contributed by atoms with E-state index < -0.39 is 11.6 Å². The molecule has 110 valence electrons. The first-order valence-electron chi connectivity index (χ1n) is 6.12. The van der Waals surface area contributed by atoms with Crippen LogP contribution in [-0.4, -0.2) is 19.1 Å². The number of halogens is 2. The molecule has 0 bridgehead atoms. The molecule has 0 aliphatic heterocycles. The first kappa shape index (κ1) is 15.2. The number of rotatable bonds is 4. The van der Waals surface area contributed by atoms with Crippen LogP contribution in [0, 0.1) is 11.6 Å². The highest BCUT2D eigenvalue weighted by Crippen LogP contribution is 2.34. The number of benzene rings is 2. The Morgan fingerprint density at radius 2 is 1.76 bits per heavy atom. The number of nitrogens with zero attached hydrogens (tertiary/aromatic N) is 1. The molecule has 0 heterocycles. The number of anilines is 2. The highest BCUT2D eigenvalue weighted by Gasteiger charge is 2.19. The molecule has 2 aromatic carbocycles. The Kier molecular flexibility index (Phi) is 4.37. The predicted octanol–water partition coefficient (Wildman–Crippen LogP) is 3.38. The van der Waals surface area contributed by atoms with E-state index in [0.717, 1.165) is 0 Å². The second-order valence-corrected chi connectivity index (χ2v) is 4.80. The third-order valence-electron chi connectivity index (χ3n) is 3.14. The molecule has 2 N–H and O–H groups in total. The van der Waals surface area contributed by atoms with E-state index in [0.29, 0.717) is 11.4 Å². The molecule has 0 unspecified atom stereocenters. The number of hydrogen-bond donors (Lipinski definition) is 1. The van der Waals surface area contributed by atoms with Gasteiger partial charge in [-0.1, -0.05) is 24.4 Å². The van der Waals surface area contributed by atoms with Crippen molar-refractivity contribution in [1.29, 1.82) is 0 Å². The monoisotopic (exact) mass is 308 g/mol. The van der Waals surface area contributed by atoms with Gasteiger partial charge in [0.05, 0.1) is 18.5 Å². The molecule has 0 aliphatic rings. The zero-order valence-electron chi connectivity index (χ0n) is 11.6. The van der Waals surface area contributed by atoms with E-state index in [1.165, 1.54) is 24.1 Å². The molecule has 0 saturated carbocycles. The molecule has 6 heteroatoms. The minimum absolute atomic E-state index is 0.0667. The molecule has 0 fully saturated rings. The number of ether oxygens (including phenoxy) is 1. The van der Waals surface area contributed by atoms with Crippen molar-refractivity contribution in [2.45, 2.75) is 0 Å². The summed E-state index contributed by atoms with van der Waals surface area (Å²) < 4.78 is 33.4. The lowest BCUT2D eigenvalue weighted by Gasteiger charge is -2.22. The molecule has 0 amide bonds. The molecule has 2 rings (SSSR count). The van der Waals surface area contributed by atoms with Crippen LogP contribution in [0.4, 0.5) is 20.2 Å². The van der Waals surface area contributed by atoms with Crippen molar-refractivity contribution >= 4 is 28.6 Å². The Hall–Kier alpha value is -2.21. The fraction of sp³-hybridized carbons (Fsp3) is 0.133. The standard InChI is InChI=1S/C15H14F2N2OS/c1-19(10-5-3-4-6-12(10)20-2)11-8-7-9(15(18)21)13(16)14(11)17/h3-8H,1-2H3,(H2,18,21). The summed E-state index contributed by atoms with van der Waals surface area (Å²) in [6.45, 7) is 0. The van der Waals surface area contributed by atoms with Gasteiger partial charge in [-0.2, -0.15) is 0 Å². The van der Waals surface area contributed by atoms with Crippen LogP contribution in [-0.2, 0) is 0 Å². The molecule has 0 saturated heterocycles. The maximum atomic E-state index is 14.2. The van der Waals surface area contributed by atoms with Crippen molar-refractivity contribution in [2.24, 2.45) is 5.73 Å². The van der Waals surface area contributed by atoms with Gasteiger partial charge in [0.15, 0.2) is 11.6 Å². The van der Waals surface area contributed by atoms with E-state index in [4.69, 9.17) is 10.5 Å². The van der Waals surface area contributed by atoms with Crippen molar-refractivity contribution in [3.63, 3.8) is 0 Å². The summed E-state index contributed by atoms with van der Waals surface area (Å²) in [4.78, 5) is 1.32. The Morgan fingerprint density at radius 1 is 1.10 bits per heavy atom. The van der Waals surface area contributed by atoms with Crippen LogP contribution >= 0.6 is 12.2 Å². The van der Waals surface area contributed by atoms with Crippen LogP contribution in [0.2, 0.25) is 0 Å². The molecule has 21 heavy (non-hydrogen) atoms. The van der Waals surface area contributed by atoms with Crippen molar-refractivity contribution in [1.82, 2.24) is 0 Å². The van der Waals surface area contributed by atoms with Crippen LogP contribution in [0.1, 0.15) is 5.56 Å². The molecule has 2 aromatic rings. The topological polar surface area (TPSA) is 38.5 Å². The lowest BCUT2D eigenvalue weighted by Crippen LogP contribution is -2.17. The molecular weight excluding hydrogens is 294 g/mol. The minimum atomic E-state index is -1.05. The molecule has 3 nitrogen and oxygen atoms in total. The summed E-state index contributed by atoms with van der Waals surface area (Å²) in [5.41, 5.74) is 5.93. The van der Waals surface area contributed by atoms with Gasteiger partial charge in [0.1, 0.15) is 10.7 Å². The first-order chi connectivity index (χ1) is 9.97. The molecule has 0 spiro atoms. The van der Waals surface area contributed by atoms with Gasteiger partial charge >= 0.3 is 0 Å². The van der Waals surface area contributed by atoms with Crippen molar-refractivity contribution in [3.8, 4) is 5.75 Å². The third-order valence-corrected chi connectivity index (χ3v) is 3.36.